The van der Waals surface area contributed by atoms with E-state index in [0.717, 1.165) is 51.7 Å². The lowest BCUT2D eigenvalue weighted by atomic mass is 10.2. The Morgan fingerprint density at radius 3 is 1.26 bits per heavy atom. The van der Waals surface area contributed by atoms with Gasteiger partial charge in [0.2, 0.25) is 0 Å². The lowest BCUT2D eigenvalue weighted by molar-refractivity contribution is 0.604. The molecule has 0 saturated carbocycles. The van der Waals surface area contributed by atoms with Gasteiger partial charge < -0.3 is 34.4 Å². The first-order valence-electron chi connectivity index (χ1n) is 7.31. The Balaban J connectivity index is -0.000000203. The lowest BCUT2D eigenvalue weighted by Crippen LogP contribution is -2.22. The fourth-order valence-electron chi connectivity index (χ4n) is 0.970. The largest absolute Gasteiger partial charge is 0.330 e. The Labute approximate surface area is 119 Å². The zero-order valence-corrected chi connectivity index (χ0v) is 13.0. The van der Waals surface area contributed by atoms with E-state index in [2.05, 4.69) is 6.92 Å². The van der Waals surface area contributed by atoms with Crippen LogP contribution < -0.4 is 34.4 Å². The molecule has 2 atom stereocenters. The van der Waals surface area contributed by atoms with Crippen LogP contribution >= 0.6 is 0 Å². The first-order valence-corrected chi connectivity index (χ1v) is 7.31. The van der Waals surface area contributed by atoms with Crippen LogP contribution in [0.15, 0.2) is 0 Å². The highest BCUT2D eigenvalue weighted by atomic mass is 14.6. The van der Waals surface area contributed by atoms with Crippen molar-refractivity contribution in [1.29, 1.82) is 0 Å². The van der Waals surface area contributed by atoms with Gasteiger partial charge in [-0.15, -0.1) is 0 Å². The van der Waals surface area contributed by atoms with Crippen LogP contribution in [0.5, 0.6) is 0 Å². The minimum atomic E-state index is 0.273. The van der Waals surface area contributed by atoms with Crippen molar-refractivity contribution in [2.24, 2.45) is 34.4 Å². The van der Waals surface area contributed by atoms with Crippen LogP contribution in [0.2, 0.25) is 0 Å². The summed E-state index contributed by atoms with van der Waals surface area (Å²) in [6.07, 6.45) is 5.06. The highest BCUT2D eigenvalue weighted by Gasteiger charge is 1.92. The van der Waals surface area contributed by atoms with Crippen molar-refractivity contribution in [2.75, 3.05) is 26.2 Å². The third-order valence-electron chi connectivity index (χ3n) is 2.34. The maximum Gasteiger partial charge on any atom is 0.00482 e. The molecule has 0 radical (unpaired) electrons. The van der Waals surface area contributed by atoms with E-state index < -0.39 is 0 Å². The molecule has 0 fully saturated rings. The fourth-order valence-corrected chi connectivity index (χ4v) is 0.970. The SMILES string of the molecule is CC(N)CCN.CCC(N)CCN.NCCCCN. The Hall–Kier alpha value is -0.240. The molecule has 0 rings (SSSR count). The zero-order chi connectivity index (χ0) is 15.5. The normalized spacial score (nSPS) is 12.6. The van der Waals surface area contributed by atoms with Crippen LogP contribution in [-0.2, 0) is 0 Å². The first kappa shape index (κ1) is 23.8. The van der Waals surface area contributed by atoms with E-state index in [0.29, 0.717) is 12.6 Å². The molecule has 19 heavy (non-hydrogen) atoms. The predicted octanol–water partition coefficient (Wildman–Crippen LogP) is -0.561. The molecule has 0 saturated heterocycles. The fraction of sp³-hybridized carbons (Fsp3) is 1.00. The van der Waals surface area contributed by atoms with Gasteiger partial charge >= 0.3 is 0 Å². The standard InChI is InChI=1S/C5H14N2.2C4H12N2/c1-2-5(7)3-4-6;1-4(6)2-3-5;5-3-1-2-4-6/h5H,2-4,6-7H2,1H3;4H,2-3,5-6H2,1H3;1-6H2. The van der Waals surface area contributed by atoms with Crippen molar-refractivity contribution in [3.05, 3.63) is 0 Å². The van der Waals surface area contributed by atoms with Crippen molar-refractivity contribution >= 4 is 0 Å². The van der Waals surface area contributed by atoms with Crippen LogP contribution in [0.3, 0.4) is 0 Å². The topological polar surface area (TPSA) is 156 Å². The maximum absolute atomic E-state index is 5.50. The maximum atomic E-state index is 5.50. The molecule has 6 heteroatoms. The summed E-state index contributed by atoms with van der Waals surface area (Å²) >= 11 is 0. The summed E-state index contributed by atoms with van der Waals surface area (Å²) in [6.45, 7) is 6.99. The molecule has 120 valence electrons. The molecule has 0 spiro atoms. The molecule has 0 bridgehead atoms. The molecule has 0 aliphatic rings. The van der Waals surface area contributed by atoms with Gasteiger partial charge in [-0.1, -0.05) is 6.92 Å². The Kier molecular flexibility index (Phi) is 28.7. The second-order valence-corrected chi connectivity index (χ2v) is 4.58. The van der Waals surface area contributed by atoms with Gasteiger partial charge in [0, 0.05) is 12.1 Å². The number of rotatable bonds is 8. The molecule has 12 N–H and O–H groups in total. The minimum Gasteiger partial charge on any atom is -0.330 e. The van der Waals surface area contributed by atoms with E-state index in [1.165, 1.54) is 0 Å². The molecule has 0 aromatic rings. The van der Waals surface area contributed by atoms with Gasteiger partial charge in [0.15, 0.2) is 0 Å². The number of hydrogen-bond acceptors (Lipinski definition) is 6. The van der Waals surface area contributed by atoms with Crippen LogP contribution in [0.1, 0.15) is 46.0 Å². The second kappa shape index (κ2) is 22.9. The molecule has 0 amide bonds. The predicted molar refractivity (Wildman–Crippen MR) is 86.6 cm³/mol. The summed E-state index contributed by atoms with van der Waals surface area (Å²) in [6, 6.07) is 0.597. The molecule has 0 aliphatic carbocycles. The number of unbranched alkanes of at least 4 members (excludes halogenated alkanes) is 1. The van der Waals surface area contributed by atoms with Gasteiger partial charge in [-0.25, -0.2) is 0 Å². The van der Waals surface area contributed by atoms with Gasteiger partial charge in [0.05, 0.1) is 0 Å². The summed E-state index contributed by atoms with van der Waals surface area (Å²) in [5, 5.41) is 0. The van der Waals surface area contributed by atoms with E-state index in [-0.39, 0.29) is 6.04 Å². The number of hydrogen-bond donors (Lipinski definition) is 6. The summed E-state index contributed by atoms with van der Waals surface area (Å²) in [4.78, 5) is 0. The average molecular weight is 278 g/mol. The zero-order valence-electron chi connectivity index (χ0n) is 13.0. The quantitative estimate of drug-likeness (QED) is 0.327. The van der Waals surface area contributed by atoms with E-state index in [1.54, 1.807) is 0 Å². The number of nitrogens with two attached hydrogens (primary N) is 6. The Morgan fingerprint density at radius 2 is 1.16 bits per heavy atom. The molecular formula is C13H38N6. The second-order valence-electron chi connectivity index (χ2n) is 4.58. The van der Waals surface area contributed by atoms with Crippen LogP contribution in [0.25, 0.3) is 0 Å². The van der Waals surface area contributed by atoms with E-state index in [9.17, 15) is 0 Å². The molecular weight excluding hydrogens is 240 g/mol. The average Bonchev–Trinajstić information content (AvgIpc) is 2.38. The molecule has 6 nitrogen and oxygen atoms in total. The molecule has 0 aliphatic heterocycles. The highest BCUT2D eigenvalue weighted by Crippen LogP contribution is 1.88. The Bertz CT molecular complexity index is 128. The lowest BCUT2D eigenvalue weighted by Gasteiger charge is -2.03. The van der Waals surface area contributed by atoms with Gasteiger partial charge in [-0.3, -0.25) is 0 Å². The Morgan fingerprint density at radius 1 is 0.737 bits per heavy atom. The van der Waals surface area contributed by atoms with Crippen LogP contribution in [0, 0.1) is 0 Å². The van der Waals surface area contributed by atoms with E-state index in [4.69, 9.17) is 34.4 Å². The molecule has 0 heterocycles. The summed E-state index contributed by atoms with van der Waals surface area (Å²) in [7, 11) is 0. The monoisotopic (exact) mass is 278 g/mol. The molecule has 0 aromatic heterocycles. The van der Waals surface area contributed by atoms with Crippen molar-refractivity contribution < 1.29 is 0 Å². The van der Waals surface area contributed by atoms with Gasteiger partial charge in [-0.2, -0.15) is 0 Å². The van der Waals surface area contributed by atoms with Gasteiger partial charge in [-0.05, 0) is 65.2 Å². The van der Waals surface area contributed by atoms with E-state index >= 15 is 0 Å². The molecule has 0 aromatic carbocycles. The summed E-state index contributed by atoms with van der Waals surface area (Å²) in [5.74, 6) is 0. The molecule has 2 unspecified atom stereocenters. The highest BCUT2D eigenvalue weighted by molar-refractivity contribution is 4.56. The van der Waals surface area contributed by atoms with Crippen LogP contribution in [0.4, 0.5) is 0 Å². The minimum absolute atomic E-state index is 0.273. The van der Waals surface area contributed by atoms with Crippen molar-refractivity contribution in [3.8, 4) is 0 Å². The van der Waals surface area contributed by atoms with Gasteiger partial charge in [0.1, 0.15) is 0 Å². The summed E-state index contributed by atoms with van der Waals surface area (Å²) in [5.41, 5.74) is 31.5. The van der Waals surface area contributed by atoms with Crippen LogP contribution in [-0.4, -0.2) is 38.3 Å². The first-order chi connectivity index (χ1) is 8.99. The third kappa shape index (κ3) is 38.1. The van der Waals surface area contributed by atoms with Gasteiger partial charge in [0.25, 0.3) is 0 Å². The van der Waals surface area contributed by atoms with Crippen molar-refractivity contribution in [2.45, 2.75) is 58.0 Å². The van der Waals surface area contributed by atoms with Crippen molar-refractivity contribution in [3.63, 3.8) is 0 Å². The smallest absolute Gasteiger partial charge is 0.00482 e. The van der Waals surface area contributed by atoms with E-state index in [1.807, 2.05) is 6.92 Å². The third-order valence-corrected chi connectivity index (χ3v) is 2.34. The van der Waals surface area contributed by atoms with Crippen molar-refractivity contribution in [1.82, 2.24) is 0 Å². The summed E-state index contributed by atoms with van der Waals surface area (Å²) < 4.78 is 0.